The minimum atomic E-state index is -3.73. The Morgan fingerprint density at radius 3 is 2.11 bits per heavy atom. The molecule has 0 aromatic heterocycles. The number of terminal acetylenes is 1. The number of nitrogens with zero attached hydrogens (tertiary/aromatic N) is 1. The third kappa shape index (κ3) is 20.6. The Morgan fingerprint density at radius 2 is 1.53 bits per heavy atom. The van der Waals surface area contributed by atoms with Crippen LogP contribution in [0.4, 0.5) is 0 Å². The molecule has 14 nitrogen and oxygen atoms in total. The summed E-state index contributed by atoms with van der Waals surface area (Å²) in [6, 6.07) is 0. The number of hydrogen-bond donors (Lipinski definition) is 7. The van der Waals surface area contributed by atoms with E-state index in [9.17, 15) is 37.9 Å². The maximum atomic E-state index is 12.7. The number of carbonyl (C=O) groups excluding carboxylic acids is 3. The fourth-order valence-corrected chi connectivity index (χ4v) is 6.82. The summed E-state index contributed by atoms with van der Waals surface area (Å²) in [6.45, 7) is 1.08. The Kier molecular flexibility index (Phi) is 17.9. The highest BCUT2D eigenvalue weighted by atomic mass is 31.2. The van der Waals surface area contributed by atoms with Crippen LogP contribution in [0, 0.1) is 12.3 Å². The van der Waals surface area contributed by atoms with Crippen LogP contribution in [0.5, 0.6) is 0 Å². The van der Waals surface area contributed by atoms with Gasteiger partial charge < -0.3 is 41.8 Å². The number of primary amides is 2. The molecule has 0 saturated carbocycles. The summed E-state index contributed by atoms with van der Waals surface area (Å²) in [4.78, 5) is 55.2. The molecule has 0 aromatic rings. The fourth-order valence-electron chi connectivity index (χ4n) is 2.82. The van der Waals surface area contributed by atoms with Crippen LogP contribution in [-0.4, -0.2) is 102 Å². The van der Waals surface area contributed by atoms with Crippen molar-refractivity contribution >= 4 is 40.3 Å². The summed E-state index contributed by atoms with van der Waals surface area (Å²) < 4.78 is 36.6. The van der Waals surface area contributed by atoms with E-state index < -0.39 is 40.3 Å². The van der Waals surface area contributed by atoms with Crippen molar-refractivity contribution in [2.24, 2.45) is 11.5 Å². The lowest BCUT2D eigenvalue weighted by Gasteiger charge is -2.25. The van der Waals surface area contributed by atoms with Gasteiger partial charge in [-0.2, -0.15) is 0 Å². The predicted molar refractivity (Wildman–Crippen MR) is 140 cm³/mol. The second-order valence-electron chi connectivity index (χ2n) is 8.19. The van der Waals surface area contributed by atoms with Gasteiger partial charge in [-0.3, -0.25) is 28.4 Å². The van der Waals surface area contributed by atoms with Crippen LogP contribution in [0.15, 0.2) is 0 Å². The third-order valence-electron chi connectivity index (χ3n) is 4.75. The molecular formula is C19H39N6O8P3. The zero-order chi connectivity index (χ0) is 27.6. The van der Waals surface area contributed by atoms with Gasteiger partial charge in [0.15, 0.2) is 0 Å². The standard InChI is InChI=1S/C19H39N6O8P3/c1-2-6-24-19(28)5-13-36(32,33)16-25(9-7-22-14-34(29)11-3-17(20)26)10-8-23-15-35(30,31)12-4-18(21)27/h1,22-23,34H,3-16H2,(H2,20,26)(H2,21,27)(H,24,28)(H,30,31)(H,32,33). The summed E-state index contributed by atoms with van der Waals surface area (Å²) in [7, 11) is -9.37. The summed E-state index contributed by atoms with van der Waals surface area (Å²) in [5.74, 6) is 0.603. The molecule has 0 radical (unpaired) electrons. The van der Waals surface area contributed by atoms with E-state index in [1.807, 2.05) is 0 Å². The molecule has 0 rings (SSSR count). The van der Waals surface area contributed by atoms with Gasteiger partial charge >= 0.3 is 0 Å². The molecule has 0 aliphatic heterocycles. The number of amides is 3. The molecule has 17 heteroatoms. The molecule has 0 aliphatic rings. The first-order valence-corrected chi connectivity index (χ1v) is 17.2. The molecule has 208 valence electrons. The quantitative estimate of drug-likeness (QED) is 0.0440. The van der Waals surface area contributed by atoms with Crippen molar-refractivity contribution in [2.75, 3.05) is 70.1 Å². The van der Waals surface area contributed by atoms with Gasteiger partial charge in [0.25, 0.3) is 0 Å². The summed E-state index contributed by atoms with van der Waals surface area (Å²) in [5, 5.41) is 8.21. The van der Waals surface area contributed by atoms with Crippen LogP contribution in [0.1, 0.15) is 19.3 Å². The lowest BCUT2D eigenvalue weighted by molar-refractivity contribution is -0.120. The third-order valence-corrected chi connectivity index (χ3v) is 9.60. The SMILES string of the molecule is C#CCNC(=O)CCP(=O)(O)CN(CCNC[PH](=O)CCC(N)=O)CCNCP(=O)(O)CCC(N)=O. The number of rotatable bonds is 22. The van der Waals surface area contributed by atoms with Crippen molar-refractivity contribution in [3.05, 3.63) is 0 Å². The topological polar surface area (TPSA) is 234 Å². The lowest BCUT2D eigenvalue weighted by atomic mass is 10.4. The Balaban J connectivity index is 4.78. The van der Waals surface area contributed by atoms with Crippen LogP contribution in [0.25, 0.3) is 0 Å². The smallest absolute Gasteiger partial charge is 0.221 e. The van der Waals surface area contributed by atoms with Crippen LogP contribution in [0.2, 0.25) is 0 Å². The van der Waals surface area contributed by atoms with E-state index in [0.717, 1.165) is 0 Å². The first kappa shape index (κ1) is 34.5. The highest BCUT2D eigenvalue weighted by molar-refractivity contribution is 7.58. The minimum Gasteiger partial charge on any atom is -0.370 e. The van der Waals surface area contributed by atoms with E-state index in [0.29, 0.717) is 13.1 Å². The number of hydrogen-bond acceptors (Lipinski definition) is 9. The van der Waals surface area contributed by atoms with Gasteiger partial charge in [0.1, 0.15) is 0 Å². The maximum Gasteiger partial charge on any atom is 0.221 e. The molecule has 0 spiro atoms. The largest absolute Gasteiger partial charge is 0.370 e. The van der Waals surface area contributed by atoms with E-state index >= 15 is 0 Å². The van der Waals surface area contributed by atoms with Crippen LogP contribution >= 0.6 is 22.5 Å². The molecule has 9 N–H and O–H groups in total. The molecule has 0 heterocycles. The van der Waals surface area contributed by atoms with Gasteiger partial charge in [0, 0.05) is 70.2 Å². The molecule has 0 saturated heterocycles. The van der Waals surface area contributed by atoms with E-state index in [1.54, 1.807) is 4.90 Å². The molecule has 0 aliphatic carbocycles. The highest BCUT2D eigenvalue weighted by Gasteiger charge is 2.24. The molecule has 3 unspecified atom stereocenters. The molecular weight excluding hydrogens is 533 g/mol. The number of nitrogens with one attached hydrogen (secondary N) is 3. The Bertz CT molecular complexity index is 882. The van der Waals surface area contributed by atoms with Gasteiger partial charge in [0.05, 0.1) is 26.9 Å². The first-order chi connectivity index (χ1) is 16.8. The van der Waals surface area contributed by atoms with Crippen LogP contribution in [0.3, 0.4) is 0 Å². The van der Waals surface area contributed by atoms with Crippen LogP contribution in [-0.2, 0) is 28.1 Å². The van der Waals surface area contributed by atoms with Crippen molar-refractivity contribution < 1.29 is 37.9 Å². The van der Waals surface area contributed by atoms with Gasteiger partial charge in [-0.1, -0.05) is 5.92 Å². The summed E-state index contributed by atoms with van der Waals surface area (Å²) in [5.41, 5.74) is 10.0. The molecule has 36 heavy (non-hydrogen) atoms. The fraction of sp³-hybridized carbons (Fsp3) is 0.737. The Labute approximate surface area is 212 Å². The van der Waals surface area contributed by atoms with Crippen molar-refractivity contribution in [2.45, 2.75) is 19.3 Å². The van der Waals surface area contributed by atoms with E-state index in [-0.39, 0.29) is 76.2 Å². The van der Waals surface area contributed by atoms with E-state index in [4.69, 9.17) is 17.9 Å². The predicted octanol–water partition coefficient (Wildman–Crippen LogP) is -1.67. The second kappa shape index (κ2) is 18.7. The average Bonchev–Trinajstić information content (AvgIpc) is 2.79. The van der Waals surface area contributed by atoms with Gasteiger partial charge in [-0.05, 0) is 0 Å². The Hall–Kier alpha value is -1.54. The van der Waals surface area contributed by atoms with Crippen LogP contribution < -0.4 is 27.4 Å². The molecule has 3 atom stereocenters. The maximum absolute atomic E-state index is 12.7. The zero-order valence-corrected chi connectivity index (χ0v) is 23.1. The van der Waals surface area contributed by atoms with E-state index in [2.05, 4.69) is 21.9 Å². The van der Waals surface area contributed by atoms with Crippen molar-refractivity contribution in [3.63, 3.8) is 0 Å². The number of carbonyl (C=O) groups is 3. The number of nitrogens with two attached hydrogens (primary N) is 2. The molecule has 3 amide bonds. The Morgan fingerprint density at radius 1 is 0.944 bits per heavy atom. The van der Waals surface area contributed by atoms with Gasteiger partial charge in [0.2, 0.25) is 32.5 Å². The minimum absolute atomic E-state index is 0.0226. The molecule has 0 fully saturated rings. The van der Waals surface area contributed by atoms with Crippen molar-refractivity contribution in [3.8, 4) is 12.3 Å². The second-order valence-corrected chi connectivity index (χ2v) is 15.0. The molecule has 0 bridgehead atoms. The first-order valence-electron chi connectivity index (χ1n) is 11.3. The van der Waals surface area contributed by atoms with Crippen molar-refractivity contribution in [1.82, 2.24) is 20.9 Å². The summed E-state index contributed by atoms with van der Waals surface area (Å²) >= 11 is 0. The normalized spacial score (nSPS) is 15.4. The van der Waals surface area contributed by atoms with Crippen molar-refractivity contribution in [1.29, 1.82) is 0 Å². The highest BCUT2D eigenvalue weighted by Crippen LogP contribution is 2.42. The monoisotopic (exact) mass is 572 g/mol. The van der Waals surface area contributed by atoms with E-state index in [1.165, 1.54) is 0 Å². The molecule has 0 aromatic carbocycles. The lowest BCUT2D eigenvalue weighted by Crippen LogP contribution is -2.38. The zero-order valence-electron chi connectivity index (χ0n) is 20.3. The average molecular weight is 572 g/mol. The summed E-state index contributed by atoms with van der Waals surface area (Å²) in [6.07, 6.45) is 4.13. The van der Waals surface area contributed by atoms with Gasteiger partial charge in [-0.15, -0.1) is 6.42 Å². The van der Waals surface area contributed by atoms with Gasteiger partial charge in [-0.25, -0.2) is 0 Å².